The van der Waals surface area contributed by atoms with Crippen molar-refractivity contribution in [1.29, 1.82) is 0 Å². The Morgan fingerprint density at radius 2 is 1.66 bits per heavy atom. The quantitative estimate of drug-likeness (QED) is 0.482. The van der Waals surface area contributed by atoms with Gasteiger partial charge >= 0.3 is 11.9 Å². The molecule has 0 aliphatic carbocycles. The van der Waals surface area contributed by atoms with Gasteiger partial charge < -0.3 is 19.1 Å². The molecule has 182 valence electrons. The van der Waals surface area contributed by atoms with Crippen LogP contribution >= 0.6 is 0 Å². The van der Waals surface area contributed by atoms with E-state index in [0.29, 0.717) is 42.9 Å². The predicted octanol–water partition coefficient (Wildman–Crippen LogP) is 3.12. The summed E-state index contributed by atoms with van der Waals surface area (Å²) in [5, 5.41) is 4.61. The maximum absolute atomic E-state index is 13.0. The van der Waals surface area contributed by atoms with Gasteiger partial charge in [-0.25, -0.2) is 9.48 Å². The first kappa shape index (κ1) is 24.0. The molecule has 0 N–H and O–H groups in total. The highest BCUT2D eigenvalue weighted by Crippen LogP contribution is 2.26. The molecule has 0 saturated carbocycles. The van der Waals surface area contributed by atoms with Crippen LogP contribution in [-0.4, -0.2) is 66.4 Å². The lowest BCUT2D eigenvalue weighted by Gasteiger charge is -2.30. The van der Waals surface area contributed by atoms with Gasteiger partial charge in [-0.15, -0.1) is 0 Å². The molecule has 1 amide bonds. The van der Waals surface area contributed by atoms with E-state index in [4.69, 9.17) is 14.2 Å². The Balaban J connectivity index is 1.48. The molecule has 1 aromatic heterocycles. The average Bonchev–Trinajstić information content (AvgIpc) is 3.37. The fraction of sp³-hybridized carbons (Fsp3) is 0.308. The number of hydrogen-bond acceptors (Lipinski definition) is 7. The second-order valence-corrected chi connectivity index (χ2v) is 8.15. The molecule has 0 radical (unpaired) electrons. The summed E-state index contributed by atoms with van der Waals surface area (Å²) in [4.78, 5) is 39.0. The molecule has 1 fully saturated rings. The van der Waals surface area contributed by atoms with E-state index in [1.54, 1.807) is 35.0 Å². The lowest BCUT2D eigenvalue weighted by Crippen LogP contribution is -2.42. The molecule has 1 aliphatic heterocycles. The molecular weight excluding hydrogens is 450 g/mol. The van der Waals surface area contributed by atoms with Crippen LogP contribution in [0, 0.1) is 5.92 Å². The zero-order valence-corrected chi connectivity index (χ0v) is 19.7. The van der Waals surface area contributed by atoms with Crippen molar-refractivity contribution in [2.75, 3.05) is 33.9 Å². The van der Waals surface area contributed by atoms with Crippen molar-refractivity contribution >= 4 is 17.8 Å². The van der Waals surface area contributed by atoms with Gasteiger partial charge in [0.25, 0.3) is 5.91 Å². The number of hydrogen-bond donors (Lipinski definition) is 0. The maximum Gasteiger partial charge on any atom is 0.342 e. The summed E-state index contributed by atoms with van der Waals surface area (Å²) < 4.78 is 17.0. The summed E-state index contributed by atoms with van der Waals surface area (Å²) >= 11 is 0. The Bertz CT molecular complexity index is 1180. The number of ether oxygens (including phenoxy) is 3. The number of aromatic nitrogens is 2. The normalized spacial score (nSPS) is 13.8. The van der Waals surface area contributed by atoms with E-state index >= 15 is 0 Å². The topological polar surface area (TPSA) is 100.0 Å². The summed E-state index contributed by atoms with van der Waals surface area (Å²) in [5.74, 6) is -0.728. The minimum atomic E-state index is -0.643. The first-order valence-electron chi connectivity index (χ1n) is 11.3. The van der Waals surface area contributed by atoms with Gasteiger partial charge in [-0.1, -0.05) is 18.2 Å². The number of carbonyl (C=O) groups excluding carboxylic acids is 3. The van der Waals surface area contributed by atoms with Crippen LogP contribution in [-0.2, 0) is 19.1 Å². The zero-order chi connectivity index (χ0) is 24.8. The van der Waals surface area contributed by atoms with E-state index in [9.17, 15) is 14.4 Å². The minimum Gasteiger partial charge on any atom is -0.497 e. The summed E-state index contributed by atoms with van der Waals surface area (Å²) in [7, 11) is 2.94. The molecule has 3 aromatic rings. The summed E-state index contributed by atoms with van der Waals surface area (Å²) in [6.07, 6.45) is 2.65. The van der Waals surface area contributed by atoms with Crippen LogP contribution in [0.15, 0.2) is 60.8 Å². The Hall–Kier alpha value is -4.14. The second-order valence-electron chi connectivity index (χ2n) is 8.15. The van der Waals surface area contributed by atoms with Crippen molar-refractivity contribution in [2.45, 2.75) is 12.8 Å². The smallest absolute Gasteiger partial charge is 0.342 e. The average molecular weight is 478 g/mol. The molecule has 2 aromatic carbocycles. The standard InChI is InChI=1S/C26H27N3O6/c1-33-21-10-8-18(9-11-21)24-22(16-29(27-24)20-6-4-3-5-7-20)26(32)35-17-23(30)28-14-12-19(13-15-28)25(31)34-2/h3-11,16,19H,12-15,17H2,1-2H3. The third-order valence-electron chi connectivity index (χ3n) is 6.03. The molecule has 35 heavy (non-hydrogen) atoms. The summed E-state index contributed by atoms with van der Waals surface area (Å²) in [6, 6.07) is 16.6. The van der Waals surface area contributed by atoms with Crippen molar-refractivity contribution in [3.63, 3.8) is 0 Å². The van der Waals surface area contributed by atoms with Crippen molar-refractivity contribution in [3.05, 3.63) is 66.4 Å². The number of esters is 2. The Morgan fingerprint density at radius 1 is 0.971 bits per heavy atom. The summed E-state index contributed by atoms with van der Waals surface area (Å²) in [5.41, 5.74) is 2.18. The van der Waals surface area contributed by atoms with Gasteiger partial charge in [-0.2, -0.15) is 5.10 Å². The van der Waals surface area contributed by atoms with E-state index in [2.05, 4.69) is 5.10 Å². The van der Waals surface area contributed by atoms with E-state index in [0.717, 1.165) is 5.69 Å². The molecule has 2 heterocycles. The van der Waals surface area contributed by atoms with Gasteiger partial charge in [0.1, 0.15) is 17.0 Å². The number of methoxy groups -OCH3 is 2. The number of nitrogens with zero attached hydrogens (tertiary/aromatic N) is 3. The van der Waals surface area contributed by atoms with Crippen molar-refractivity contribution < 1.29 is 28.6 Å². The molecule has 0 unspecified atom stereocenters. The fourth-order valence-corrected chi connectivity index (χ4v) is 4.03. The lowest BCUT2D eigenvalue weighted by atomic mass is 9.97. The van der Waals surface area contributed by atoms with Crippen LogP contribution in [0.1, 0.15) is 23.2 Å². The van der Waals surface area contributed by atoms with Crippen LogP contribution in [0.4, 0.5) is 0 Å². The van der Waals surface area contributed by atoms with Gasteiger partial charge in [0.05, 0.1) is 25.8 Å². The molecule has 1 saturated heterocycles. The van der Waals surface area contributed by atoms with Gasteiger partial charge in [0, 0.05) is 24.8 Å². The van der Waals surface area contributed by atoms with Gasteiger partial charge in [-0.3, -0.25) is 9.59 Å². The minimum absolute atomic E-state index is 0.206. The van der Waals surface area contributed by atoms with Crippen molar-refractivity contribution in [2.24, 2.45) is 5.92 Å². The number of carbonyl (C=O) groups is 3. The van der Waals surface area contributed by atoms with E-state index in [1.165, 1.54) is 7.11 Å². The molecule has 9 heteroatoms. The van der Waals surface area contributed by atoms with Crippen LogP contribution in [0.25, 0.3) is 16.9 Å². The number of rotatable bonds is 7. The third kappa shape index (κ3) is 5.51. The Morgan fingerprint density at radius 3 is 2.29 bits per heavy atom. The van der Waals surface area contributed by atoms with Crippen LogP contribution in [0.5, 0.6) is 5.75 Å². The Kier molecular flexibility index (Phi) is 7.45. The monoisotopic (exact) mass is 477 g/mol. The van der Waals surface area contributed by atoms with E-state index in [1.807, 2.05) is 42.5 Å². The molecule has 9 nitrogen and oxygen atoms in total. The number of amides is 1. The van der Waals surface area contributed by atoms with Crippen LogP contribution < -0.4 is 4.74 Å². The highest BCUT2D eigenvalue weighted by atomic mass is 16.5. The number of piperidine rings is 1. The van der Waals surface area contributed by atoms with Crippen LogP contribution in [0.2, 0.25) is 0 Å². The van der Waals surface area contributed by atoms with Crippen molar-refractivity contribution in [3.8, 4) is 22.7 Å². The SMILES string of the molecule is COC(=O)C1CCN(C(=O)COC(=O)c2cn(-c3ccccc3)nc2-c2ccc(OC)cc2)CC1. The number of likely N-dealkylation sites (tertiary alicyclic amines) is 1. The second kappa shape index (κ2) is 10.9. The molecule has 4 rings (SSSR count). The maximum atomic E-state index is 13.0. The highest BCUT2D eigenvalue weighted by Gasteiger charge is 2.29. The molecule has 0 atom stereocenters. The highest BCUT2D eigenvalue weighted by molar-refractivity contribution is 5.97. The van der Waals surface area contributed by atoms with E-state index < -0.39 is 5.97 Å². The Labute approximate surface area is 203 Å². The van der Waals surface area contributed by atoms with Crippen LogP contribution in [0.3, 0.4) is 0 Å². The summed E-state index contributed by atoms with van der Waals surface area (Å²) in [6.45, 7) is 0.443. The number of para-hydroxylation sites is 1. The molecule has 1 aliphatic rings. The van der Waals surface area contributed by atoms with E-state index in [-0.39, 0.29) is 30.0 Å². The predicted molar refractivity (Wildman–Crippen MR) is 127 cm³/mol. The first-order valence-corrected chi connectivity index (χ1v) is 11.3. The lowest BCUT2D eigenvalue weighted by molar-refractivity contribution is -0.149. The first-order chi connectivity index (χ1) is 17.0. The fourth-order valence-electron chi connectivity index (χ4n) is 4.03. The van der Waals surface area contributed by atoms with Crippen molar-refractivity contribution in [1.82, 2.24) is 14.7 Å². The third-order valence-corrected chi connectivity index (χ3v) is 6.03. The van der Waals surface area contributed by atoms with Gasteiger partial charge in [0.15, 0.2) is 6.61 Å². The van der Waals surface area contributed by atoms with Gasteiger partial charge in [-0.05, 0) is 49.2 Å². The zero-order valence-electron chi connectivity index (χ0n) is 19.7. The largest absolute Gasteiger partial charge is 0.497 e. The molecule has 0 spiro atoms. The van der Waals surface area contributed by atoms with Gasteiger partial charge in [0.2, 0.25) is 0 Å². The number of benzene rings is 2. The molecular formula is C26H27N3O6. The molecule has 0 bridgehead atoms.